The lowest BCUT2D eigenvalue weighted by atomic mass is 9.98. The Bertz CT molecular complexity index is 628. The minimum absolute atomic E-state index is 0.121. The summed E-state index contributed by atoms with van der Waals surface area (Å²) in [7, 11) is 1.92. The van der Waals surface area contributed by atoms with Crippen LogP contribution in [0.5, 0.6) is 0 Å². The van der Waals surface area contributed by atoms with Gasteiger partial charge in [-0.15, -0.1) is 0 Å². The number of ketones is 1. The molecular weight excluding hydrogens is 246 g/mol. The number of nitrogens with one attached hydrogen (secondary N) is 1. The van der Waals surface area contributed by atoms with Crippen molar-refractivity contribution < 1.29 is 4.79 Å². The predicted octanol–water partition coefficient (Wildman–Crippen LogP) is 3.13. The summed E-state index contributed by atoms with van der Waals surface area (Å²) in [4.78, 5) is 12.5. The Morgan fingerprint density at radius 1 is 1.00 bits per heavy atom. The van der Waals surface area contributed by atoms with Crippen LogP contribution in [-0.4, -0.2) is 12.8 Å². The van der Waals surface area contributed by atoms with Crippen LogP contribution in [-0.2, 0) is 19.4 Å². The molecule has 3 rings (SSSR count). The molecule has 0 spiro atoms. The van der Waals surface area contributed by atoms with Crippen LogP contribution < -0.4 is 5.32 Å². The lowest BCUT2D eigenvalue weighted by Gasteiger charge is -2.06. The number of carbonyl (C=O) groups excluding carboxylic acids is 1. The molecule has 20 heavy (non-hydrogen) atoms. The summed E-state index contributed by atoms with van der Waals surface area (Å²) in [6.07, 6.45) is 3.48. The van der Waals surface area contributed by atoms with E-state index in [-0.39, 0.29) is 5.78 Å². The fraction of sp³-hybridized carbons (Fsp3) is 0.278. The van der Waals surface area contributed by atoms with E-state index in [9.17, 15) is 4.79 Å². The molecule has 1 aliphatic rings. The lowest BCUT2D eigenvalue weighted by Crippen LogP contribution is -2.06. The lowest BCUT2D eigenvalue weighted by molar-refractivity contribution is 0.103. The van der Waals surface area contributed by atoms with Gasteiger partial charge in [0.1, 0.15) is 0 Å². The van der Waals surface area contributed by atoms with Gasteiger partial charge in [-0.1, -0.05) is 36.4 Å². The van der Waals surface area contributed by atoms with Crippen LogP contribution >= 0.6 is 0 Å². The van der Waals surface area contributed by atoms with Gasteiger partial charge in [-0.2, -0.15) is 0 Å². The second-order valence-electron chi connectivity index (χ2n) is 5.39. The van der Waals surface area contributed by atoms with Crippen LogP contribution in [0.15, 0.2) is 42.5 Å². The van der Waals surface area contributed by atoms with Crippen molar-refractivity contribution in [3.8, 4) is 0 Å². The smallest absolute Gasteiger partial charge is 0.193 e. The van der Waals surface area contributed by atoms with Crippen LogP contribution in [0.2, 0.25) is 0 Å². The minimum atomic E-state index is 0.121. The molecule has 2 aromatic rings. The van der Waals surface area contributed by atoms with Gasteiger partial charge in [0, 0.05) is 17.7 Å². The first-order valence-corrected chi connectivity index (χ1v) is 7.18. The van der Waals surface area contributed by atoms with Crippen molar-refractivity contribution in [2.45, 2.75) is 25.8 Å². The van der Waals surface area contributed by atoms with Crippen LogP contribution in [0.1, 0.15) is 39.0 Å². The number of hydrogen-bond donors (Lipinski definition) is 1. The third-order valence-corrected chi connectivity index (χ3v) is 3.96. The highest BCUT2D eigenvalue weighted by atomic mass is 16.1. The monoisotopic (exact) mass is 265 g/mol. The van der Waals surface area contributed by atoms with E-state index in [1.165, 1.54) is 23.1 Å². The Kier molecular flexibility index (Phi) is 3.66. The Morgan fingerprint density at radius 3 is 2.45 bits per heavy atom. The van der Waals surface area contributed by atoms with Crippen LogP contribution in [0, 0.1) is 0 Å². The number of aryl methyl sites for hydroxylation is 2. The van der Waals surface area contributed by atoms with Crippen molar-refractivity contribution in [1.29, 1.82) is 0 Å². The molecule has 2 aromatic carbocycles. The quantitative estimate of drug-likeness (QED) is 0.861. The molecule has 0 saturated heterocycles. The van der Waals surface area contributed by atoms with Gasteiger partial charge in [0.15, 0.2) is 5.78 Å². The number of rotatable bonds is 4. The zero-order valence-corrected chi connectivity index (χ0v) is 11.8. The molecule has 0 unspecified atom stereocenters. The average Bonchev–Trinajstić information content (AvgIpc) is 2.95. The third-order valence-electron chi connectivity index (χ3n) is 3.96. The van der Waals surface area contributed by atoms with Crippen molar-refractivity contribution in [2.24, 2.45) is 0 Å². The van der Waals surface area contributed by atoms with Gasteiger partial charge in [0.2, 0.25) is 0 Å². The molecule has 0 saturated carbocycles. The zero-order valence-electron chi connectivity index (χ0n) is 11.8. The fourth-order valence-electron chi connectivity index (χ4n) is 2.86. The van der Waals surface area contributed by atoms with Crippen LogP contribution in [0.4, 0.5) is 0 Å². The van der Waals surface area contributed by atoms with Crippen molar-refractivity contribution >= 4 is 5.78 Å². The Balaban J connectivity index is 1.84. The third kappa shape index (κ3) is 2.52. The highest BCUT2D eigenvalue weighted by molar-refractivity contribution is 6.09. The summed E-state index contributed by atoms with van der Waals surface area (Å²) in [5, 5.41) is 3.11. The van der Waals surface area contributed by atoms with Crippen molar-refractivity contribution in [2.75, 3.05) is 7.05 Å². The maximum absolute atomic E-state index is 12.5. The van der Waals surface area contributed by atoms with Gasteiger partial charge < -0.3 is 5.32 Å². The maximum atomic E-state index is 12.5. The number of benzene rings is 2. The van der Waals surface area contributed by atoms with E-state index < -0.39 is 0 Å². The van der Waals surface area contributed by atoms with Gasteiger partial charge >= 0.3 is 0 Å². The van der Waals surface area contributed by atoms with Crippen molar-refractivity contribution in [3.05, 3.63) is 70.3 Å². The van der Waals surface area contributed by atoms with E-state index in [0.717, 1.165) is 30.5 Å². The normalized spacial score (nSPS) is 13.2. The van der Waals surface area contributed by atoms with Gasteiger partial charge in [-0.25, -0.2) is 0 Å². The van der Waals surface area contributed by atoms with Crippen molar-refractivity contribution in [3.63, 3.8) is 0 Å². The van der Waals surface area contributed by atoms with Gasteiger partial charge in [-0.3, -0.25) is 4.79 Å². The molecule has 0 radical (unpaired) electrons. The molecule has 0 aliphatic heterocycles. The molecular formula is C18H19NO. The van der Waals surface area contributed by atoms with Gasteiger partial charge in [0.05, 0.1) is 0 Å². The number of hydrogen-bond acceptors (Lipinski definition) is 2. The minimum Gasteiger partial charge on any atom is -0.316 e. The van der Waals surface area contributed by atoms with E-state index in [2.05, 4.69) is 17.4 Å². The average molecular weight is 265 g/mol. The zero-order chi connectivity index (χ0) is 13.9. The van der Waals surface area contributed by atoms with Gasteiger partial charge in [0.25, 0.3) is 0 Å². The fourth-order valence-corrected chi connectivity index (χ4v) is 2.86. The Morgan fingerprint density at radius 2 is 1.70 bits per heavy atom. The highest BCUT2D eigenvalue weighted by Gasteiger charge is 2.15. The van der Waals surface area contributed by atoms with Crippen molar-refractivity contribution in [1.82, 2.24) is 5.32 Å². The summed E-state index contributed by atoms with van der Waals surface area (Å²) in [6.45, 7) is 0.827. The molecule has 0 heterocycles. The molecule has 0 amide bonds. The molecule has 0 atom stereocenters. The highest BCUT2D eigenvalue weighted by Crippen LogP contribution is 2.24. The maximum Gasteiger partial charge on any atom is 0.193 e. The summed E-state index contributed by atoms with van der Waals surface area (Å²) in [5.74, 6) is 0.121. The molecule has 2 nitrogen and oxygen atoms in total. The SMILES string of the molecule is CNCc1ccc(C(=O)c2ccc3c(c2)CCC3)cc1. The summed E-state index contributed by atoms with van der Waals surface area (Å²) < 4.78 is 0. The van der Waals surface area contributed by atoms with Crippen LogP contribution in [0.3, 0.4) is 0 Å². The number of fused-ring (bicyclic) bond motifs is 1. The molecule has 0 aromatic heterocycles. The number of carbonyl (C=O) groups is 1. The van der Waals surface area contributed by atoms with E-state index >= 15 is 0 Å². The van der Waals surface area contributed by atoms with E-state index in [1.54, 1.807) is 0 Å². The predicted molar refractivity (Wildman–Crippen MR) is 81.1 cm³/mol. The van der Waals surface area contributed by atoms with E-state index in [1.807, 2.05) is 37.4 Å². The summed E-state index contributed by atoms with van der Waals surface area (Å²) >= 11 is 0. The second kappa shape index (κ2) is 5.59. The first-order valence-electron chi connectivity index (χ1n) is 7.18. The molecule has 0 bridgehead atoms. The Hall–Kier alpha value is -1.93. The molecule has 1 aliphatic carbocycles. The Labute approximate surface area is 119 Å². The topological polar surface area (TPSA) is 29.1 Å². The van der Waals surface area contributed by atoms with E-state index in [0.29, 0.717) is 0 Å². The molecule has 2 heteroatoms. The standard InChI is InChI=1S/C18H19NO/c1-19-12-13-5-7-15(8-6-13)18(20)17-10-9-14-3-2-4-16(14)11-17/h5-11,19H,2-4,12H2,1H3. The molecule has 1 N–H and O–H groups in total. The van der Waals surface area contributed by atoms with E-state index in [4.69, 9.17) is 0 Å². The van der Waals surface area contributed by atoms with Gasteiger partial charge in [-0.05, 0) is 49.1 Å². The molecule has 102 valence electrons. The summed E-state index contributed by atoms with van der Waals surface area (Å²) in [5.41, 5.74) is 5.53. The molecule has 0 fully saturated rings. The second-order valence-corrected chi connectivity index (χ2v) is 5.39. The first kappa shape index (κ1) is 13.1. The first-order chi connectivity index (χ1) is 9.78. The van der Waals surface area contributed by atoms with Crippen LogP contribution in [0.25, 0.3) is 0 Å². The largest absolute Gasteiger partial charge is 0.316 e. The summed E-state index contributed by atoms with van der Waals surface area (Å²) in [6, 6.07) is 14.0.